The molecule has 2 aromatic rings. The first-order valence-corrected chi connectivity index (χ1v) is 8.91. The molecule has 1 fully saturated rings. The molecule has 0 radical (unpaired) electrons. The molecule has 1 heterocycles. The van der Waals surface area contributed by atoms with Crippen LogP contribution in [0, 0.1) is 0 Å². The van der Waals surface area contributed by atoms with Gasteiger partial charge in [0.25, 0.3) is 0 Å². The molecular formula is C21H29NO2. The molecular weight excluding hydrogens is 298 g/mol. The minimum Gasteiger partial charge on any atom is -0.390 e. The molecule has 3 rings (SSSR count). The smallest absolute Gasteiger partial charge is 0.0965 e. The predicted molar refractivity (Wildman–Crippen MR) is 98.7 cm³/mol. The maximum absolute atomic E-state index is 10.2. The van der Waals surface area contributed by atoms with Crippen molar-refractivity contribution in [2.45, 2.75) is 45.6 Å². The second kappa shape index (κ2) is 10.2. The average Bonchev–Trinajstić information content (AvgIpc) is 2.65. The number of hydrogen-bond donors (Lipinski definition) is 1. The minimum absolute atomic E-state index is 0.113. The van der Waals surface area contributed by atoms with Crippen LogP contribution >= 0.6 is 0 Å². The molecule has 2 atom stereocenters. The van der Waals surface area contributed by atoms with Gasteiger partial charge in [-0.15, -0.1) is 0 Å². The number of piperidine rings is 1. The second-order valence-electron chi connectivity index (χ2n) is 5.91. The molecule has 2 aromatic carbocycles. The normalized spacial score (nSPS) is 21.0. The van der Waals surface area contributed by atoms with E-state index in [0.29, 0.717) is 6.61 Å². The zero-order chi connectivity index (χ0) is 17.2. The summed E-state index contributed by atoms with van der Waals surface area (Å²) in [5.41, 5.74) is 2.45. The molecule has 0 bridgehead atoms. The van der Waals surface area contributed by atoms with Gasteiger partial charge in [0.15, 0.2) is 0 Å². The van der Waals surface area contributed by atoms with Crippen LogP contribution in [0.5, 0.6) is 0 Å². The predicted octanol–water partition coefficient (Wildman–Crippen LogP) is 3.86. The average molecular weight is 327 g/mol. The van der Waals surface area contributed by atoms with Gasteiger partial charge >= 0.3 is 0 Å². The molecule has 0 aromatic heterocycles. The van der Waals surface area contributed by atoms with Crippen LogP contribution in [0.15, 0.2) is 60.7 Å². The lowest BCUT2D eigenvalue weighted by Crippen LogP contribution is -2.47. The highest BCUT2D eigenvalue weighted by atomic mass is 16.5. The number of nitrogens with zero attached hydrogens (tertiary/aromatic N) is 1. The molecule has 0 amide bonds. The summed E-state index contributed by atoms with van der Waals surface area (Å²) < 4.78 is 5.96. The van der Waals surface area contributed by atoms with Crippen molar-refractivity contribution in [1.29, 1.82) is 0 Å². The zero-order valence-corrected chi connectivity index (χ0v) is 14.8. The Labute approximate surface area is 145 Å². The molecule has 0 spiro atoms. The third-order valence-electron chi connectivity index (χ3n) is 4.16. The molecule has 1 aliphatic heterocycles. The Morgan fingerprint density at radius 3 is 2.17 bits per heavy atom. The van der Waals surface area contributed by atoms with E-state index in [1.54, 1.807) is 0 Å². The van der Waals surface area contributed by atoms with Crippen molar-refractivity contribution in [2.75, 3.05) is 13.1 Å². The topological polar surface area (TPSA) is 32.7 Å². The number of hydrogen-bond acceptors (Lipinski definition) is 3. The Balaban J connectivity index is 0.00000100. The molecule has 0 aliphatic carbocycles. The van der Waals surface area contributed by atoms with E-state index in [0.717, 1.165) is 31.6 Å². The molecule has 130 valence electrons. The second-order valence-corrected chi connectivity index (χ2v) is 5.91. The van der Waals surface area contributed by atoms with Crippen molar-refractivity contribution in [1.82, 2.24) is 4.90 Å². The lowest BCUT2D eigenvalue weighted by molar-refractivity contribution is -0.0878. The lowest BCUT2D eigenvalue weighted by Gasteiger charge is -2.36. The van der Waals surface area contributed by atoms with Crippen LogP contribution in [-0.4, -0.2) is 35.3 Å². The van der Waals surface area contributed by atoms with Crippen LogP contribution < -0.4 is 0 Å². The number of rotatable bonds is 5. The van der Waals surface area contributed by atoms with E-state index < -0.39 is 0 Å². The Morgan fingerprint density at radius 2 is 1.54 bits per heavy atom. The molecule has 3 heteroatoms. The number of likely N-dealkylation sites (tertiary alicyclic amines) is 1. The van der Waals surface area contributed by atoms with Crippen LogP contribution in [0.1, 0.15) is 31.4 Å². The summed E-state index contributed by atoms with van der Waals surface area (Å²) >= 11 is 0. The molecule has 1 aliphatic rings. The first-order chi connectivity index (χ1) is 11.8. The summed E-state index contributed by atoms with van der Waals surface area (Å²) in [6.45, 7) is 7.17. The van der Waals surface area contributed by atoms with E-state index in [4.69, 9.17) is 4.74 Å². The largest absolute Gasteiger partial charge is 0.390 e. The van der Waals surface area contributed by atoms with E-state index in [9.17, 15) is 5.11 Å². The SMILES string of the molecule is CC.OC1CCN(Cc2ccccc2)CC1OCc1ccccc1. The van der Waals surface area contributed by atoms with Gasteiger partial charge in [0.1, 0.15) is 0 Å². The Bertz CT molecular complexity index is 559. The van der Waals surface area contributed by atoms with Gasteiger partial charge in [-0.25, -0.2) is 0 Å². The monoisotopic (exact) mass is 327 g/mol. The van der Waals surface area contributed by atoms with Gasteiger partial charge in [-0.1, -0.05) is 74.5 Å². The van der Waals surface area contributed by atoms with E-state index >= 15 is 0 Å². The van der Waals surface area contributed by atoms with Crippen LogP contribution in [-0.2, 0) is 17.9 Å². The minimum atomic E-state index is -0.365. The fourth-order valence-electron chi connectivity index (χ4n) is 2.89. The van der Waals surface area contributed by atoms with Crippen LogP contribution in [0.3, 0.4) is 0 Å². The number of aliphatic hydroxyl groups excluding tert-OH is 1. The van der Waals surface area contributed by atoms with E-state index in [1.807, 2.05) is 38.1 Å². The number of ether oxygens (including phenoxy) is 1. The van der Waals surface area contributed by atoms with E-state index in [1.165, 1.54) is 5.56 Å². The number of benzene rings is 2. The van der Waals surface area contributed by atoms with Crippen molar-refractivity contribution in [3.8, 4) is 0 Å². The first-order valence-electron chi connectivity index (χ1n) is 8.91. The standard InChI is InChI=1S/C19H23NO2.C2H6/c21-18-11-12-20(13-16-7-3-1-4-8-16)14-19(18)22-15-17-9-5-2-6-10-17;1-2/h1-10,18-19,21H,11-15H2;1-2H3. The molecule has 2 unspecified atom stereocenters. The third kappa shape index (κ3) is 5.75. The van der Waals surface area contributed by atoms with Crippen molar-refractivity contribution in [2.24, 2.45) is 0 Å². The molecule has 0 saturated carbocycles. The maximum atomic E-state index is 10.2. The molecule has 1 N–H and O–H groups in total. The summed E-state index contributed by atoms with van der Waals surface area (Å²) in [7, 11) is 0. The van der Waals surface area contributed by atoms with Gasteiger partial charge in [0.2, 0.25) is 0 Å². The van der Waals surface area contributed by atoms with Gasteiger partial charge in [-0.3, -0.25) is 4.90 Å². The quantitative estimate of drug-likeness (QED) is 0.905. The van der Waals surface area contributed by atoms with Crippen molar-refractivity contribution >= 4 is 0 Å². The van der Waals surface area contributed by atoms with Gasteiger partial charge in [0, 0.05) is 19.6 Å². The Kier molecular flexibility index (Phi) is 7.96. The van der Waals surface area contributed by atoms with Gasteiger partial charge in [-0.05, 0) is 17.5 Å². The Hall–Kier alpha value is -1.68. The molecule has 24 heavy (non-hydrogen) atoms. The van der Waals surface area contributed by atoms with Crippen molar-refractivity contribution < 1.29 is 9.84 Å². The zero-order valence-electron chi connectivity index (χ0n) is 14.8. The summed E-state index contributed by atoms with van der Waals surface area (Å²) in [6.07, 6.45) is 0.292. The van der Waals surface area contributed by atoms with Gasteiger partial charge in [-0.2, -0.15) is 0 Å². The summed E-state index contributed by atoms with van der Waals surface area (Å²) in [5, 5.41) is 10.2. The lowest BCUT2D eigenvalue weighted by atomic mass is 10.0. The Morgan fingerprint density at radius 1 is 0.958 bits per heavy atom. The van der Waals surface area contributed by atoms with Gasteiger partial charge < -0.3 is 9.84 Å². The maximum Gasteiger partial charge on any atom is 0.0965 e. The summed E-state index contributed by atoms with van der Waals surface area (Å²) in [6, 6.07) is 20.6. The highest BCUT2D eigenvalue weighted by molar-refractivity contribution is 5.15. The summed E-state index contributed by atoms with van der Waals surface area (Å²) in [4.78, 5) is 2.36. The fourth-order valence-corrected chi connectivity index (χ4v) is 2.89. The van der Waals surface area contributed by atoms with Gasteiger partial charge in [0.05, 0.1) is 18.8 Å². The molecule has 3 nitrogen and oxygen atoms in total. The molecule has 1 saturated heterocycles. The summed E-state index contributed by atoms with van der Waals surface area (Å²) in [5.74, 6) is 0. The number of aliphatic hydroxyl groups is 1. The van der Waals surface area contributed by atoms with Crippen molar-refractivity contribution in [3.05, 3.63) is 71.8 Å². The first kappa shape index (κ1) is 18.7. The van der Waals surface area contributed by atoms with E-state index in [-0.39, 0.29) is 12.2 Å². The van der Waals surface area contributed by atoms with E-state index in [2.05, 4.69) is 41.3 Å². The van der Waals surface area contributed by atoms with Crippen LogP contribution in [0.4, 0.5) is 0 Å². The van der Waals surface area contributed by atoms with Crippen LogP contribution in [0.2, 0.25) is 0 Å². The highest BCUT2D eigenvalue weighted by Gasteiger charge is 2.28. The highest BCUT2D eigenvalue weighted by Crippen LogP contribution is 2.18. The van der Waals surface area contributed by atoms with Crippen molar-refractivity contribution in [3.63, 3.8) is 0 Å². The third-order valence-corrected chi connectivity index (χ3v) is 4.16. The fraction of sp³-hybridized carbons (Fsp3) is 0.429. The van der Waals surface area contributed by atoms with Crippen LogP contribution in [0.25, 0.3) is 0 Å².